The number of rotatable bonds is 5. The lowest BCUT2D eigenvalue weighted by Gasteiger charge is -2.11. The van der Waals surface area contributed by atoms with Crippen LogP contribution in [0.4, 0.5) is 11.4 Å². The maximum absolute atomic E-state index is 11.9. The first-order valence-corrected chi connectivity index (χ1v) is 6.96. The van der Waals surface area contributed by atoms with Crippen LogP contribution in [0.1, 0.15) is 29.5 Å². The molecule has 1 unspecified atom stereocenters. The molecule has 1 heterocycles. The second-order valence-electron chi connectivity index (χ2n) is 5.19. The number of benzene rings is 1. The summed E-state index contributed by atoms with van der Waals surface area (Å²) < 4.78 is 5.04. The van der Waals surface area contributed by atoms with Gasteiger partial charge in [-0.05, 0) is 49.7 Å². The Labute approximate surface area is 140 Å². The zero-order chi connectivity index (χ0) is 16.1. The van der Waals surface area contributed by atoms with Crippen molar-refractivity contribution in [3.63, 3.8) is 0 Å². The second kappa shape index (κ2) is 8.36. The number of furan rings is 1. The minimum Gasteiger partial charge on any atom is -0.459 e. The van der Waals surface area contributed by atoms with E-state index in [4.69, 9.17) is 10.2 Å². The fourth-order valence-corrected chi connectivity index (χ4v) is 1.98. The molecule has 0 aliphatic heterocycles. The monoisotopic (exact) mass is 337 g/mol. The molecule has 4 N–H and O–H groups in total. The summed E-state index contributed by atoms with van der Waals surface area (Å²) >= 11 is 0. The summed E-state index contributed by atoms with van der Waals surface area (Å²) in [5.74, 6) is -0.211. The van der Waals surface area contributed by atoms with Crippen LogP contribution in [0.25, 0.3) is 0 Å². The second-order valence-corrected chi connectivity index (χ2v) is 5.19. The van der Waals surface area contributed by atoms with Gasteiger partial charge in [0.05, 0.1) is 6.26 Å². The Hall–Kier alpha value is -2.31. The van der Waals surface area contributed by atoms with Crippen LogP contribution >= 0.6 is 12.4 Å². The molecule has 0 bridgehead atoms. The molecule has 0 spiro atoms. The van der Waals surface area contributed by atoms with E-state index in [1.54, 1.807) is 37.3 Å². The number of halogens is 1. The van der Waals surface area contributed by atoms with Crippen LogP contribution in [0.5, 0.6) is 0 Å². The molecule has 1 aromatic heterocycles. The summed E-state index contributed by atoms with van der Waals surface area (Å²) in [6.07, 6.45) is 1.70. The molecule has 0 saturated carbocycles. The topological polar surface area (TPSA) is 97.4 Å². The van der Waals surface area contributed by atoms with E-state index in [1.165, 1.54) is 6.26 Å². The molecule has 2 amide bonds. The molecule has 1 atom stereocenters. The molecule has 0 aliphatic carbocycles. The first-order chi connectivity index (χ1) is 10.5. The van der Waals surface area contributed by atoms with Crippen LogP contribution < -0.4 is 16.4 Å². The molecule has 124 valence electrons. The maximum Gasteiger partial charge on any atom is 0.291 e. The Bertz CT molecular complexity index is 669. The van der Waals surface area contributed by atoms with Gasteiger partial charge in [-0.15, -0.1) is 12.4 Å². The van der Waals surface area contributed by atoms with Crippen LogP contribution in [0, 0.1) is 6.92 Å². The van der Waals surface area contributed by atoms with Crippen molar-refractivity contribution in [2.24, 2.45) is 5.73 Å². The molecule has 0 aliphatic rings. The predicted molar refractivity (Wildman–Crippen MR) is 92.0 cm³/mol. The zero-order valence-corrected chi connectivity index (χ0v) is 13.8. The van der Waals surface area contributed by atoms with Gasteiger partial charge in [-0.2, -0.15) is 0 Å². The fourth-order valence-electron chi connectivity index (χ4n) is 1.98. The van der Waals surface area contributed by atoms with Crippen LogP contribution in [0.2, 0.25) is 0 Å². The maximum atomic E-state index is 11.9. The molecule has 0 radical (unpaired) electrons. The van der Waals surface area contributed by atoms with E-state index < -0.39 is 0 Å². The van der Waals surface area contributed by atoms with Gasteiger partial charge < -0.3 is 20.8 Å². The van der Waals surface area contributed by atoms with E-state index >= 15 is 0 Å². The van der Waals surface area contributed by atoms with Crippen molar-refractivity contribution in [2.75, 3.05) is 10.6 Å². The minimum absolute atomic E-state index is 0. The lowest BCUT2D eigenvalue weighted by molar-refractivity contribution is -0.116. The van der Waals surface area contributed by atoms with E-state index in [0.29, 0.717) is 11.4 Å². The third-order valence-electron chi connectivity index (χ3n) is 3.01. The fraction of sp³-hybridized carbons (Fsp3) is 0.250. The summed E-state index contributed by atoms with van der Waals surface area (Å²) in [5, 5.41) is 5.53. The summed E-state index contributed by atoms with van der Waals surface area (Å²) in [7, 11) is 0. The highest BCUT2D eigenvalue weighted by Crippen LogP contribution is 2.20. The first kappa shape index (κ1) is 18.7. The van der Waals surface area contributed by atoms with Crippen molar-refractivity contribution >= 4 is 35.6 Å². The summed E-state index contributed by atoms with van der Waals surface area (Å²) in [5.41, 5.74) is 7.74. The SMILES string of the molecule is Cc1cc(NC(=O)CC(C)N)ccc1NC(=O)c1ccco1.Cl. The molecule has 7 heteroatoms. The molecule has 0 saturated heterocycles. The molecular formula is C16H20ClN3O3. The van der Waals surface area contributed by atoms with Crippen molar-refractivity contribution in [1.82, 2.24) is 0 Å². The third kappa shape index (κ3) is 5.43. The Balaban J connectivity index is 0.00000264. The lowest BCUT2D eigenvalue weighted by Crippen LogP contribution is -2.24. The van der Waals surface area contributed by atoms with Crippen molar-refractivity contribution in [3.05, 3.63) is 47.9 Å². The van der Waals surface area contributed by atoms with Crippen LogP contribution in [0.15, 0.2) is 41.0 Å². The van der Waals surface area contributed by atoms with E-state index in [9.17, 15) is 9.59 Å². The van der Waals surface area contributed by atoms with E-state index in [1.807, 2.05) is 6.92 Å². The van der Waals surface area contributed by atoms with Gasteiger partial charge in [-0.25, -0.2) is 0 Å². The Morgan fingerprint density at radius 3 is 2.57 bits per heavy atom. The zero-order valence-electron chi connectivity index (χ0n) is 13.0. The number of anilines is 2. The average molecular weight is 338 g/mol. The molecular weight excluding hydrogens is 318 g/mol. The standard InChI is InChI=1S/C16H19N3O3.ClH/c1-10-8-12(18-15(20)9-11(2)17)5-6-13(10)19-16(21)14-4-3-7-22-14;/h3-8,11H,9,17H2,1-2H3,(H,18,20)(H,19,21);1H. The Kier molecular flexibility index (Phi) is 6.81. The largest absolute Gasteiger partial charge is 0.459 e. The summed E-state index contributed by atoms with van der Waals surface area (Å²) in [6, 6.07) is 8.30. The highest BCUT2D eigenvalue weighted by molar-refractivity contribution is 6.02. The number of aryl methyl sites for hydroxylation is 1. The van der Waals surface area contributed by atoms with Gasteiger partial charge in [-0.1, -0.05) is 0 Å². The van der Waals surface area contributed by atoms with Crippen molar-refractivity contribution in [2.45, 2.75) is 26.3 Å². The van der Waals surface area contributed by atoms with Gasteiger partial charge in [0.2, 0.25) is 5.91 Å². The molecule has 6 nitrogen and oxygen atoms in total. The molecule has 2 rings (SSSR count). The number of hydrogen-bond donors (Lipinski definition) is 3. The molecule has 23 heavy (non-hydrogen) atoms. The normalized spacial score (nSPS) is 11.3. The summed E-state index contributed by atoms with van der Waals surface area (Å²) in [4.78, 5) is 23.6. The lowest BCUT2D eigenvalue weighted by atomic mass is 10.1. The van der Waals surface area contributed by atoms with Crippen molar-refractivity contribution in [1.29, 1.82) is 0 Å². The minimum atomic E-state index is -0.318. The molecule has 0 fully saturated rings. The quantitative estimate of drug-likeness (QED) is 0.781. The van der Waals surface area contributed by atoms with Gasteiger partial charge in [0.15, 0.2) is 5.76 Å². The number of carbonyl (C=O) groups is 2. The van der Waals surface area contributed by atoms with Crippen molar-refractivity contribution in [3.8, 4) is 0 Å². The predicted octanol–water partition coefficient (Wildman–Crippen LogP) is 2.94. The number of nitrogens with two attached hydrogens (primary N) is 1. The highest BCUT2D eigenvalue weighted by atomic mass is 35.5. The molecule has 2 aromatic rings. The first-order valence-electron chi connectivity index (χ1n) is 6.96. The number of carbonyl (C=O) groups excluding carboxylic acids is 2. The van der Waals surface area contributed by atoms with Crippen molar-refractivity contribution < 1.29 is 14.0 Å². The van der Waals surface area contributed by atoms with Gasteiger partial charge in [0.25, 0.3) is 5.91 Å². The van der Waals surface area contributed by atoms with E-state index in [2.05, 4.69) is 10.6 Å². The number of amides is 2. The van der Waals surface area contributed by atoms with Gasteiger partial charge in [-0.3, -0.25) is 9.59 Å². The smallest absolute Gasteiger partial charge is 0.291 e. The highest BCUT2D eigenvalue weighted by Gasteiger charge is 2.11. The number of hydrogen-bond acceptors (Lipinski definition) is 4. The van der Waals surface area contributed by atoms with Crippen LogP contribution in [-0.2, 0) is 4.79 Å². The number of nitrogens with one attached hydrogen (secondary N) is 2. The molecule has 1 aromatic carbocycles. The van der Waals surface area contributed by atoms with Crippen LogP contribution in [0.3, 0.4) is 0 Å². The van der Waals surface area contributed by atoms with Gasteiger partial charge >= 0.3 is 0 Å². The Morgan fingerprint density at radius 1 is 1.26 bits per heavy atom. The third-order valence-corrected chi connectivity index (χ3v) is 3.01. The average Bonchev–Trinajstić information content (AvgIpc) is 2.94. The van der Waals surface area contributed by atoms with Gasteiger partial charge in [0, 0.05) is 23.8 Å². The van der Waals surface area contributed by atoms with E-state index in [0.717, 1.165) is 5.56 Å². The Morgan fingerprint density at radius 2 is 2.00 bits per heavy atom. The van der Waals surface area contributed by atoms with E-state index in [-0.39, 0.29) is 42.4 Å². The van der Waals surface area contributed by atoms with Crippen LogP contribution in [-0.4, -0.2) is 17.9 Å². The summed E-state index contributed by atoms with van der Waals surface area (Å²) in [6.45, 7) is 3.62. The van der Waals surface area contributed by atoms with Gasteiger partial charge in [0.1, 0.15) is 0 Å².